The third kappa shape index (κ3) is 3.57. The summed E-state index contributed by atoms with van der Waals surface area (Å²) in [6.07, 6.45) is 3.41. The number of H-pyrrole nitrogens is 1. The van der Waals surface area contributed by atoms with E-state index in [2.05, 4.69) is 38.8 Å². The highest BCUT2D eigenvalue weighted by atomic mass is 16.2. The zero-order valence-electron chi connectivity index (χ0n) is 14.1. The number of rotatable bonds is 4. The van der Waals surface area contributed by atoms with Gasteiger partial charge in [0.2, 0.25) is 0 Å². The molecule has 26 heavy (non-hydrogen) atoms. The van der Waals surface area contributed by atoms with Gasteiger partial charge in [0.25, 0.3) is 0 Å². The van der Waals surface area contributed by atoms with Crippen molar-refractivity contribution in [2.24, 2.45) is 0 Å². The molecule has 0 bridgehead atoms. The van der Waals surface area contributed by atoms with Crippen LogP contribution in [-0.2, 0) is 6.54 Å². The number of benzene rings is 2. The number of pyridine rings is 1. The highest BCUT2D eigenvalue weighted by molar-refractivity contribution is 5.94. The molecule has 2 heterocycles. The van der Waals surface area contributed by atoms with E-state index in [1.54, 1.807) is 12.4 Å². The first-order chi connectivity index (χ1) is 12.8. The maximum Gasteiger partial charge on any atom is 0.319 e. The number of aromatic nitrogens is 2. The van der Waals surface area contributed by atoms with Crippen LogP contribution in [0.15, 0.2) is 79.1 Å². The molecule has 0 aliphatic rings. The smallest absolute Gasteiger partial charge is 0.319 e. The van der Waals surface area contributed by atoms with Crippen LogP contribution in [0.5, 0.6) is 0 Å². The standard InChI is InChI=1S/C21H18N4O/c26-21(23-14-15-8-10-22-11-9-15)24-18-6-7-19-17(12-18)13-20(25-19)16-4-2-1-3-5-16/h1-13,25H,14H2,(H2,23,24,26). The molecule has 5 nitrogen and oxygen atoms in total. The van der Waals surface area contributed by atoms with E-state index >= 15 is 0 Å². The molecule has 0 aliphatic carbocycles. The van der Waals surface area contributed by atoms with Crippen LogP contribution >= 0.6 is 0 Å². The predicted octanol–water partition coefficient (Wildman–Crippen LogP) is 4.55. The summed E-state index contributed by atoms with van der Waals surface area (Å²) in [4.78, 5) is 19.5. The number of anilines is 1. The average Bonchev–Trinajstić information content (AvgIpc) is 3.11. The first-order valence-corrected chi connectivity index (χ1v) is 8.40. The van der Waals surface area contributed by atoms with Crippen LogP contribution in [0, 0.1) is 0 Å². The summed E-state index contributed by atoms with van der Waals surface area (Å²) < 4.78 is 0. The normalized spacial score (nSPS) is 10.6. The molecule has 0 saturated heterocycles. The van der Waals surface area contributed by atoms with E-state index in [1.165, 1.54) is 0 Å². The van der Waals surface area contributed by atoms with Crippen LogP contribution in [0.2, 0.25) is 0 Å². The van der Waals surface area contributed by atoms with Crippen LogP contribution < -0.4 is 10.6 Å². The molecule has 2 aromatic carbocycles. The fourth-order valence-electron chi connectivity index (χ4n) is 2.84. The first-order valence-electron chi connectivity index (χ1n) is 8.40. The summed E-state index contributed by atoms with van der Waals surface area (Å²) in [5, 5.41) is 6.77. The van der Waals surface area contributed by atoms with Crippen LogP contribution in [0.25, 0.3) is 22.2 Å². The summed E-state index contributed by atoms with van der Waals surface area (Å²) in [5.74, 6) is 0. The van der Waals surface area contributed by atoms with Crippen LogP contribution in [0.1, 0.15) is 5.56 Å². The Labute approximate surface area is 151 Å². The van der Waals surface area contributed by atoms with Gasteiger partial charge in [-0.3, -0.25) is 4.98 Å². The molecule has 0 radical (unpaired) electrons. The molecule has 128 valence electrons. The largest absolute Gasteiger partial charge is 0.355 e. The summed E-state index contributed by atoms with van der Waals surface area (Å²) in [6.45, 7) is 0.457. The third-order valence-corrected chi connectivity index (χ3v) is 4.17. The van der Waals surface area contributed by atoms with E-state index in [9.17, 15) is 4.79 Å². The summed E-state index contributed by atoms with van der Waals surface area (Å²) in [6, 6.07) is 21.6. The molecule has 0 aliphatic heterocycles. The van der Waals surface area contributed by atoms with E-state index in [4.69, 9.17) is 0 Å². The fourth-order valence-corrected chi connectivity index (χ4v) is 2.84. The van der Waals surface area contributed by atoms with E-state index < -0.39 is 0 Å². The number of hydrogen-bond donors (Lipinski definition) is 3. The van der Waals surface area contributed by atoms with E-state index in [0.717, 1.165) is 33.4 Å². The zero-order chi connectivity index (χ0) is 17.8. The topological polar surface area (TPSA) is 69.8 Å². The highest BCUT2D eigenvalue weighted by Crippen LogP contribution is 2.26. The second-order valence-corrected chi connectivity index (χ2v) is 6.01. The number of amides is 2. The van der Waals surface area contributed by atoms with Gasteiger partial charge in [-0.05, 0) is 47.5 Å². The molecule has 0 unspecified atom stereocenters. The van der Waals surface area contributed by atoms with Crippen molar-refractivity contribution in [1.29, 1.82) is 0 Å². The Balaban J connectivity index is 1.46. The number of hydrogen-bond acceptors (Lipinski definition) is 2. The van der Waals surface area contributed by atoms with Crippen molar-refractivity contribution in [3.63, 3.8) is 0 Å². The lowest BCUT2D eigenvalue weighted by molar-refractivity contribution is 0.251. The second-order valence-electron chi connectivity index (χ2n) is 6.01. The third-order valence-electron chi connectivity index (χ3n) is 4.17. The van der Waals surface area contributed by atoms with Crippen LogP contribution in [0.4, 0.5) is 10.5 Å². The minimum absolute atomic E-state index is 0.236. The second kappa shape index (κ2) is 7.11. The number of carbonyl (C=O) groups is 1. The van der Waals surface area contributed by atoms with E-state index in [0.29, 0.717) is 6.54 Å². The van der Waals surface area contributed by atoms with Gasteiger partial charge < -0.3 is 15.6 Å². The number of nitrogens with zero attached hydrogens (tertiary/aromatic N) is 1. The van der Waals surface area contributed by atoms with Crippen molar-refractivity contribution in [3.05, 3.63) is 84.7 Å². The Morgan fingerprint density at radius 2 is 1.77 bits per heavy atom. The minimum atomic E-state index is -0.236. The van der Waals surface area contributed by atoms with Crippen molar-refractivity contribution in [2.75, 3.05) is 5.32 Å². The van der Waals surface area contributed by atoms with Gasteiger partial charge in [-0.15, -0.1) is 0 Å². The van der Waals surface area contributed by atoms with Crippen molar-refractivity contribution in [1.82, 2.24) is 15.3 Å². The lowest BCUT2D eigenvalue weighted by Gasteiger charge is -2.07. The van der Waals surface area contributed by atoms with Gasteiger partial charge in [-0.2, -0.15) is 0 Å². The molecular weight excluding hydrogens is 324 g/mol. The molecule has 0 fully saturated rings. The van der Waals surface area contributed by atoms with Crippen molar-refractivity contribution in [3.8, 4) is 11.3 Å². The van der Waals surface area contributed by atoms with Gasteiger partial charge in [-0.1, -0.05) is 30.3 Å². The Hall–Kier alpha value is -3.60. The molecule has 2 aromatic heterocycles. The molecule has 0 spiro atoms. The van der Waals surface area contributed by atoms with Gasteiger partial charge in [0.15, 0.2) is 0 Å². The highest BCUT2D eigenvalue weighted by Gasteiger charge is 2.06. The molecule has 2 amide bonds. The quantitative estimate of drug-likeness (QED) is 0.509. The average molecular weight is 342 g/mol. The SMILES string of the molecule is O=C(NCc1ccncc1)Nc1ccc2[nH]c(-c3ccccc3)cc2c1. The Morgan fingerprint density at radius 3 is 2.58 bits per heavy atom. The summed E-state index contributed by atoms with van der Waals surface area (Å²) in [7, 11) is 0. The van der Waals surface area contributed by atoms with Crippen molar-refractivity contribution < 1.29 is 4.79 Å². The monoisotopic (exact) mass is 342 g/mol. The predicted molar refractivity (Wildman–Crippen MR) is 104 cm³/mol. The van der Waals surface area contributed by atoms with Gasteiger partial charge in [0.1, 0.15) is 0 Å². The lowest BCUT2D eigenvalue weighted by Crippen LogP contribution is -2.28. The van der Waals surface area contributed by atoms with Crippen molar-refractivity contribution in [2.45, 2.75) is 6.54 Å². The van der Waals surface area contributed by atoms with Gasteiger partial charge in [0.05, 0.1) is 0 Å². The van der Waals surface area contributed by atoms with Crippen molar-refractivity contribution >= 4 is 22.6 Å². The molecule has 0 atom stereocenters. The minimum Gasteiger partial charge on any atom is -0.355 e. The fraction of sp³-hybridized carbons (Fsp3) is 0.0476. The number of nitrogens with one attached hydrogen (secondary N) is 3. The van der Waals surface area contributed by atoms with Gasteiger partial charge in [-0.25, -0.2) is 4.79 Å². The van der Waals surface area contributed by atoms with Crippen LogP contribution in [0.3, 0.4) is 0 Å². The maximum atomic E-state index is 12.1. The summed E-state index contributed by atoms with van der Waals surface area (Å²) >= 11 is 0. The van der Waals surface area contributed by atoms with E-state index in [1.807, 2.05) is 48.5 Å². The Kier molecular flexibility index (Phi) is 4.35. The zero-order valence-corrected chi connectivity index (χ0v) is 14.1. The number of aromatic amines is 1. The maximum absolute atomic E-state index is 12.1. The molecular formula is C21H18N4O. The molecule has 5 heteroatoms. The molecule has 4 aromatic rings. The van der Waals surface area contributed by atoms with Gasteiger partial charge in [0, 0.05) is 41.2 Å². The molecule has 4 rings (SSSR count). The number of fused-ring (bicyclic) bond motifs is 1. The lowest BCUT2D eigenvalue weighted by atomic mass is 10.1. The Bertz CT molecular complexity index is 1030. The van der Waals surface area contributed by atoms with E-state index in [-0.39, 0.29) is 6.03 Å². The Morgan fingerprint density at radius 1 is 0.962 bits per heavy atom. The number of urea groups is 1. The summed E-state index contributed by atoms with van der Waals surface area (Å²) in [5.41, 5.74) is 4.98. The molecule has 3 N–H and O–H groups in total. The van der Waals surface area contributed by atoms with Crippen LogP contribution in [-0.4, -0.2) is 16.0 Å². The first kappa shape index (κ1) is 15.9. The van der Waals surface area contributed by atoms with Gasteiger partial charge >= 0.3 is 6.03 Å². The molecule has 0 saturated carbocycles. The number of carbonyl (C=O) groups excluding carboxylic acids is 1.